The number of fused-ring (bicyclic) bond motifs is 1. The molecule has 2 N–H and O–H groups in total. The molecule has 3 atom stereocenters. The average molecular weight is 402 g/mol. The van der Waals surface area contributed by atoms with Gasteiger partial charge in [0.15, 0.2) is 0 Å². The minimum absolute atomic E-state index is 0.176. The maximum Gasteiger partial charge on any atom is 0.228 e. The number of aryl methyl sites for hydroxylation is 2. The van der Waals surface area contributed by atoms with Gasteiger partial charge in [0.25, 0.3) is 0 Å². The molecule has 0 aromatic heterocycles. The summed E-state index contributed by atoms with van der Waals surface area (Å²) in [5, 5.41) is 19.7. The lowest BCUT2D eigenvalue weighted by molar-refractivity contribution is -0.114. The summed E-state index contributed by atoms with van der Waals surface area (Å²) in [7, 11) is 1.58. The highest BCUT2D eigenvalue weighted by molar-refractivity contribution is 5.50. The molecule has 156 valence electrons. The van der Waals surface area contributed by atoms with E-state index in [-0.39, 0.29) is 6.61 Å². The number of aliphatic hydroxyl groups is 2. The SMILES string of the molecule is COc1cc(OCF)c(C2CC(O)CC(CO)O2)cc1Cc1ccc2c(c1)CC2. The molecule has 6 heteroatoms. The first kappa shape index (κ1) is 20.1. The lowest BCUT2D eigenvalue weighted by Gasteiger charge is -2.33. The second-order valence-electron chi connectivity index (χ2n) is 7.79. The third kappa shape index (κ3) is 4.25. The molecule has 4 rings (SSSR count). The van der Waals surface area contributed by atoms with Gasteiger partial charge in [-0.15, -0.1) is 0 Å². The van der Waals surface area contributed by atoms with Gasteiger partial charge in [0.2, 0.25) is 6.86 Å². The average Bonchev–Trinajstić information content (AvgIpc) is 2.70. The van der Waals surface area contributed by atoms with Crippen LogP contribution in [0.1, 0.15) is 46.8 Å². The maximum atomic E-state index is 13.0. The largest absolute Gasteiger partial charge is 0.496 e. The van der Waals surface area contributed by atoms with E-state index in [1.807, 2.05) is 6.07 Å². The third-order valence-electron chi connectivity index (χ3n) is 5.88. The van der Waals surface area contributed by atoms with E-state index in [2.05, 4.69) is 18.2 Å². The lowest BCUT2D eigenvalue weighted by atomic mass is 9.86. The van der Waals surface area contributed by atoms with Crippen molar-refractivity contribution in [2.24, 2.45) is 0 Å². The Balaban J connectivity index is 1.68. The predicted molar refractivity (Wildman–Crippen MR) is 106 cm³/mol. The Kier molecular flexibility index (Phi) is 6.04. The Morgan fingerprint density at radius 3 is 2.59 bits per heavy atom. The van der Waals surface area contributed by atoms with Crippen molar-refractivity contribution in [2.75, 3.05) is 20.6 Å². The molecule has 5 nitrogen and oxygen atoms in total. The fourth-order valence-corrected chi connectivity index (χ4v) is 4.27. The van der Waals surface area contributed by atoms with Crippen LogP contribution in [0.15, 0.2) is 30.3 Å². The van der Waals surface area contributed by atoms with Crippen molar-refractivity contribution < 1.29 is 28.8 Å². The second kappa shape index (κ2) is 8.69. The Hall–Kier alpha value is -2.15. The number of hydrogen-bond acceptors (Lipinski definition) is 5. The molecule has 1 fully saturated rings. The van der Waals surface area contributed by atoms with Gasteiger partial charge in [-0.3, -0.25) is 0 Å². The minimum Gasteiger partial charge on any atom is -0.496 e. The quantitative estimate of drug-likeness (QED) is 0.744. The molecule has 0 amide bonds. The van der Waals surface area contributed by atoms with Crippen molar-refractivity contribution in [2.45, 2.75) is 50.4 Å². The van der Waals surface area contributed by atoms with Crippen molar-refractivity contribution >= 4 is 0 Å². The van der Waals surface area contributed by atoms with Crippen molar-refractivity contribution in [3.05, 3.63) is 58.1 Å². The van der Waals surface area contributed by atoms with Gasteiger partial charge in [-0.2, -0.15) is 0 Å². The zero-order valence-electron chi connectivity index (χ0n) is 16.6. The van der Waals surface area contributed by atoms with Crippen LogP contribution in [0.2, 0.25) is 0 Å². The highest BCUT2D eigenvalue weighted by atomic mass is 19.1. The highest BCUT2D eigenvalue weighted by Gasteiger charge is 2.31. The number of hydrogen-bond donors (Lipinski definition) is 2. The summed E-state index contributed by atoms with van der Waals surface area (Å²) in [5.74, 6) is 0.955. The van der Waals surface area contributed by atoms with E-state index in [4.69, 9.17) is 14.2 Å². The number of aliphatic hydroxyl groups excluding tert-OH is 2. The summed E-state index contributed by atoms with van der Waals surface area (Å²) in [6.07, 6.45) is 2.13. The zero-order valence-corrected chi connectivity index (χ0v) is 16.6. The molecule has 3 unspecified atom stereocenters. The predicted octanol–water partition coefficient (Wildman–Crippen LogP) is 3.26. The molecule has 1 saturated heterocycles. The van der Waals surface area contributed by atoms with Crippen LogP contribution in [-0.2, 0) is 24.0 Å². The first-order chi connectivity index (χ1) is 14.1. The van der Waals surface area contributed by atoms with Gasteiger partial charge in [0.1, 0.15) is 11.5 Å². The van der Waals surface area contributed by atoms with Crippen LogP contribution in [0, 0.1) is 0 Å². The van der Waals surface area contributed by atoms with Crippen LogP contribution in [0.4, 0.5) is 4.39 Å². The molecule has 1 aliphatic heterocycles. The van der Waals surface area contributed by atoms with Crippen LogP contribution in [-0.4, -0.2) is 43.0 Å². The van der Waals surface area contributed by atoms with E-state index in [0.717, 1.165) is 18.4 Å². The van der Waals surface area contributed by atoms with Crippen LogP contribution in [0.5, 0.6) is 11.5 Å². The molecule has 1 heterocycles. The molecule has 0 spiro atoms. The van der Waals surface area contributed by atoms with Gasteiger partial charge < -0.3 is 24.4 Å². The zero-order chi connectivity index (χ0) is 20.4. The van der Waals surface area contributed by atoms with Crippen LogP contribution >= 0.6 is 0 Å². The van der Waals surface area contributed by atoms with Crippen molar-refractivity contribution in [1.29, 1.82) is 0 Å². The number of ether oxygens (including phenoxy) is 3. The summed E-state index contributed by atoms with van der Waals surface area (Å²) >= 11 is 0. The molecule has 1 aliphatic carbocycles. The normalized spacial score (nSPS) is 23.2. The number of methoxy groups -OCH3 is 1. The van der Waals surface area contributed by atoms with Gasteiger partial charge in [-0.1, -0.05) is 18.2 Å². The Morgan fingerprint density at radius 2 is 1.93 bits per heavy atom. The summed E-state index contributed by atoms with van der Waals surface area (Å²) < 4.78 is 29.7. The summed E-state index contributed by atoms with van der Waals surface area (Å²) in [6, 6.07) is 10.1. The van der Waals surface area contributed by atoms with Crippen molar-refractivity contribution in [3.8, 4) is 11.5 Å². The van der Waals surface area contributed by atoms with Crippen LogP contribution in [0.25, 0.3) is 0 Å². The van der Waals surface area contributed by atoms with Crippen LogP contribution < -0.4 is 9.47 Å². The molecule has 0 saturated carbocycles. The van der Waals surface area contributed by atoms with E-state index in [1.165, 1.54) is 16.7 Å². The summed E-state index contributed by atoms with van der Waals surface area (Å²) in [4.78, 5) is 0. The van der Waals surface area contributed by atoms with E-state index < -0.39 is 25.2 Å². The lowest BCUT2D eigenvalue weighted by Crippen LogP contribution is -2.33. The number of halogens is 1. The number of benzene rings is 2. The fourth-order valence-electron chi connectivity index (χ4n) is 4.27. The van der Waals surface area contributed by atoms with E-state index in [9.17, 15) is 14.6 Å². The summed E-state index contributed by atoms with van der Waals surface area (Å²) in [6.45, 7) is -1.15. The van der Waals surface area contributed by atoms with Crippen LogP contribution in [0.3, 0.4) is 0 Å². The molecular weight excluding hydrogens is 375 g/mol. The molecule has 29 heavy (non-hydrogen) atoms. The molecule has 2 aliphatic rings. The Morgan fingerprint density at radius 1 is 1.10 bits per heavy atom. The van der Waals surface area contributed by atoms with E-state index in [0.29, 0.717) is 36.3 Å². The second-order valence-corrected chi connectivity index (χ2v) is 7.79. The monoisotopic (exact) mass is 402 g/mol. The minimum atomic E-state index is -0.973. The Bertz CT molecular complexity index is 869. The first-order valence-corrected chi connectivity index (χ1v) is 10.1. The molecule has 2 aromatic carbocycles. The van der Waals surface area contributed by atoms with Gasteiger partial charge in [-0.05, 0) is 41.2 Å². The molecule has 0 radical (unpaired) electrons. The van der Waals surface area contributed by atoms with Crippen molar-refractivity contribution in [3.63, 3.8) is 0 Å². The van der Waals surface area contributed by atoms with Gasteiger partial charge >= 0.3 is 0 Å². The first-order valence-electron chi connectivity index (χ1n) is 10.1. The molecule has 0 bridgehead atoms. The van der Waals surface area contributed by atoms with Crippen molar-refractivity contribution in [1.82, 2.24) is 0 Å². The number of rotatable bonds is 7. The van der Waals surface area contributed by atoms with Gasteiger partial charge in [-0.25, -0.2) is 4.39 Å². The van der Waals surface area contributed by atoms with E-state index >= 15 is 0 Å². The molecule has 2 aromatic rings. The topological polar surface area (TPSA) is 68.2 Å². The smallest absolute Gasteiger partial charge is 0.228 e. The summed E-state index contributed by atoms with van der Waals surface area (Å²) in [5.41, 5.74) is 5.60. The third-order valence-corrected chi connectivity index (χ3v) is 5.88. The maximum absolute atomic E-state index is 13.0. The van der Waals surface area contributed by atoms with Gasteiger partial charge in [0, 0.05) is 30.9 Å². The highest BCUT2D eigenvalue weighted by Crippen LogP contribution is 2.40. The standard InChI is InChI=1S/C23H27FO5/c1-27-21-11-22(28-13-24)20(23-10-18(26)9-19(12-25)29-23)8-17(21)7-14-2-3-15-4-5-16(15)6-14/h2-3,6,8,11,18-19,23,25-26H,4-5,7,9-10,12-13H2,1H3. The Labute approximate surface area is 170 Å². The van der Waals surface area contributed by atoms with E-state index in [1.54, 1.807) is 13.2 Å². The van der Waals surface area contributed by atoms with Gasteiger partial charge in [0.05, 0.1) is 32.0 Å². The number of alkyl halides is 1. The molecular formula is C23H27FO5. The fraction of sp³-hybridized carbons (Fsp3) is 0.478.